The van der Waals surface area contributed by atoms with Crippen LogP contribution in [0, 0.1) is 0 Å². The summed E-state index contributed by atoms with van der Waals surface area (Å²) in [5.41, 5.74) is 2.54. The van der Waals surface area contributed by atoms with Crippen molar-refractivity contribution in [2.75, 3.05) is 20.3 Å². The van der Waals surface area contributed by atoms with E-state index in [-0.39, 0.29) is 6.67 Å². The lowest BCUT2D eigenvalue weighted by Crippen LogP contribution is -2.14. The number of rotatable bonds is 7. The van der Waals surface area contributed by atoms with Crippen LogP contribution in [0.3, 0.4) is 0 Å². The Bertz CT molecular complexity index is 196. The van der Waals surface area contributed by atoms with E-state index in [1.165, 1.54) is 11.1 Å². The Balaban J connectivity index is 3.70. The molecule has 0 atom stereocenters. The monoisotopic (exact) mass is 199 g/mol. The SMILES string of the molecule is C=C(C)CCC/C(C)=C/N(C)CCF. The molecular weight excluding hydrogens is 177 g/mol. The summed E-state index contributed by atoms with van der Waals surface area (Å²) >= 11 is 0. The fourth-order valence-electron chi connectivity index (χ4n) is 1.31. The molecule has 0 spiro atoms. The second kappa shape index (κ2) is 7.60. The standard InChI is InChI=1S/C12H22FN/c1-11(2)6-5-7-12(3)10-14(4)9-8-13/h10H,1,5-9H2,2-4H3/b12-10+. The molecule has 0 heterocycles. The third-order valence-electron chi connectivity index (χ3n) is 2.05. The molecule has 0 rings (SSSR count). The van der Waals surface area contributed by atoms with Crippen LogP contribution in [-0.2, 0) is 0 Å². The molecule has 0 aliphatic rings. The van der Waals surface area contributed by atoms with Crippen molar-refractivity contribution in [1.82, 2.24) is 4.90 Å². The van der Waals surface area contributed by atoms with Gasteiger partial charge in [0.25, 0.3) is 0 Å². The van der Waals surface area contributed by atoms with Crippen molar-refractivity contribution in [3.8, 4) is 0 Å². The molecule has 0 fully saturated rings. The molecule has 0 aromatic heterocycles. The van der Waals surface area contributed by atoms with Gasteiger partial charge in [0.15, 0.2) is 0 Å². The quantitative estimate of drug-likeness (QED) is 0.567. The highest BCUT2D eigenvalue weighted by molar-refractivity contribution is 4.98. The van der Waals surface area contributed by atoms with Crippen LogP contribution in [0.5, 0.6) is 0 Å². The highest BCUT2D eigenvalue weighted by Crippen LogP contribution is 2.10. The van der Waals surface area contributed by atoms with Gasteiger partial charge >= 0.3 is 0 Å². The molecular formula is C12H22FN. The van der Waals surface area contributed by atoms with Crippen LogP contribution >= 0.6 is 0 Å². The zero-order chi connectivity index (χ0) is 11.0. The molecule has 0 aliphatic heterocycles. The molecule has 0 N–H and O–H groups in total. The van der Waals surface area contributed by atoms with Gasteiger partial charge in [-0.05, 0) is 39.3 Å². The van der Waals surface area contributed by atoms with E-state index in [1.54, 1.807) is 0 Å². The van der Waals surface area contributed by atoms with Crippen molar-refractivity contribution in [2.24, 2.45) is 0 Å². The van der Waals surface area contributed by atoms with Gasteiger partial charge in [0.2, 0.25) is 0 Å². The van der Waals surface area contributed by atoms with Crippen LogP contribution in [-0.4, -0.2) is 25.2 Å². The number of hydrogen-bond donors (Lipinski definition) is 0. The van der Waals surface area contributed by atoms with Crippen LogP contribution in [0.1, 0.15) is 33.1 Å². The van der Waals surface area contributed by atoms with Gasteiger partial charge in [-0.3, -0.25) is 0 Å². The normalized spacial score (nSPS) is 11.6. The minimum Gasteiger partial charge on any atom is -0.378 e. The summed E-state index contributed by atoms with van der Waals surface area (Å²) in [4.78, 5) is 1.90. The number of halogens is 1. The summed E-state index contributed by atoms with van der Waals surface area (Å²) in [7, 11) is 1.90. The van der Waals surface area contributed by atoms with E-state index < -0.39 is 0 Å². The van der Waals surface area contributed by atoms with Crippen molar-refractivity contribution < 1.29 is 4.39 Å². The second-order valence-electron chi connectivity index (χ2n) is 3.96. The van der Waals surface area contributed by atoms with Gasteiger partial charge in [0.05, 0.1) is 0 Å². The Morgan fingerprint density at radius 1 is 1.36 bits per heavy atom. The number of allylic oxidation sites excluding steroid dienone is 2. The van der Waals surface area contributed by atoms with Gasteiger partial charge in [-0.25, -0.2) is 4.39 Å². The fraction of sp³-hybridized carbons (Fsp3) is 0.667. The average Bonchev–Trinajstić information content (AvgIpc) is 2.03. The minimum absolute atomic E-state index is 0.286. The minimum atomic E-state index is -0.286. The van der Waals surface area contributed by atoms with Crippen molar-refractivity contribution in [3.63, 3.8) is 0 Å². The molecule has 1 nitrogen and oxygen atoms in total. The van der Waals surface area contributed by atoms with Crippen molar-refractivity contribution in [2.45, 2.75) is 33.1 Å². The third-order valence-corrected chi connectivity index (χ3v) is 2.05. The van der Waals surface area contributed by atoms with Crippen molar-refractivity contribution >= 4 is 0 Å². The van der Waals surface area contributed by atoms with E-state index in [0.717, 1.165) is 19.3 Å². The molecule has 82 valence electrons. The Kier molecular flexibility index (Phi) is 7.17. The molecule has 0 unspecified atom stereocenters. The first-order chi connectivity index (χ1) is 6.56. The fourth-order valence-corrected chi connectivity index (χ4v) is 1.31. The first-order valence-electron chi connectivity index (χ1n) is 5.14. The Morgan fingerprint density at radius 3 is 2.50 bits per heavy atom. The lowest BCUT2D eigenvalue weighted by Gasteiger charge is -2.13. The molecule has 0 saturated carbocycles. The predicted octanol–water partition coefficient (Wildman–Crippen LogP) is 3.54. The molecule has 0 amide bonds. The average molecular weight is 199 g/mol. The van der Waals surface area contributed by atoms with Gasteiger partial charge in [-0.15, -0.1) is 6.58 Å². The van der Waals surface area contributed by atoms with Crippen LogP contribution in [0.15, 0.2) is 23.9 Å². The van der Waals surface area contributed by atoms with Crippen LogP contribution < -0.4 is 0 Å². The first-order valence-corrected chi connectivity index (χ1v) is 5.14. The Hall–Kier alpha value is -0.790. The van der Waals surface area contributed by atoms with Crippen LogP contribution in [0.2, 0.25) is 0 Å². The summed E-state index contributed by atoms with van der Waals surface area (Å²) < 4.78 is 12.0. The van der Waals surface area contributed by atoms with Crippen LogP contribution in [0.25, 0.3) is 0 Å². The Labute approximate surface area is 87.3 Å². The van der Waals surface area contributed by atoms with Crippen molar-refractivity contribution in [1.29, 1.82) is 0 Å². The van der Waals surface area contributed by atoms with E-state index in [9.17, 15) is 4.39 Å². The van der Waals surface area contributed by atoms with Crippen molar-refractivity contribution in [3.05, 3.63) is 23.9 Å². The molecule has 0 aromatic carbocycles. The molecule has 0 radical (unpaired) electrons. The maximum Gasteiger partial charge on any atom is 0.107 e. The topological polar surface area (TPSA) is 3.24 Å². The molecule has 14 heavy (non-hydrogen) atoms. The van der Waals surface area contributed by atoms with Gasteiger partial charge < -0.3 is 4.90 Å². The molecule has 2 heteroatoms. The highest BCUT2D eigenvalue weighted by Gasteiger charge is 1.95. The lowest BCUT2D eigenvalue weighted by molar-refractivity contribution is 0.369. The highest BCUT2D eigenvalue weighted by atomic mass is 19.1. The van der Waals surface area contributed by atoms with E-state index >= 15 is 0 Å². The first kappa shape index (κ1) is 13.2. The van der Waals surface area contributed by atoms with Gasteiger partial charge in [-0.2, -0.15) is 0 Å². The molecule has 0 aromatic rings. The predicted molar refractivity (Wildman–Crippen MR) is 61.0 cm³/mol. The summed E-state index contributed by atoms with van der Waals surface area (Å²) in [5.74, 6) is 0. The number of nitrogens with zero attached hydrogens (tertiary/aromatic N) is 1. The van der Waals surface area contributed by atoms with E-state index in [0.29, 0.717) is 6.54 Å². The smallest absolute Gasteiger partial charge is 0.107 e. The maximum absolute atomic E-state index is 12.0. The number of alkyl halides is 1. The maximum atomic E-state index is 12.0. The van der Waals surface area contributed by atoms with E-state index in [1.807, 2.05) is 25.1 Å². The van der Waals surface area contributed by atoms with Crippen LogP contribution in [0.4, 0.5) is 4.39 Å². The number of hydrogen-bond acceptors (Lipinski definition) is 1. The van der Waals surface area contributed by atoms with E-state index in [4.69, 9.17) is 0 Å². The summed E-state index contributed by atoms with van der Waals surface area (Å²) in [6, 6.07) is 0. The lowest BCUT2D eigenvalue weighted by atomic mass is 10.1. The zero-order valence-electron chi connectivity index (χ0n) is 9.65. The molecule has 0 bridgehead atoms. The van der Waals surface area contributed by atoms with Gasteiger partial charge in [0.1, 0.15) is 6.67 Å². The summed E-state index contributed by atoms with van der Waals surface area (Å²) in [6.07, 6.45) is 5.32. The molecule has 0 saturated heterocycles. The van der Waals surface area contributed by atoms with Gasteiger partial charge in [0, 0.05) is 13.6 Å². The summed E-state index contributed by atoms with van der Waals surface area (Å²) in [6.45, 7) is 8.20. The van der Waals surface area contributed by atoms with E-state index in [2.05, 4.69) is 13.5 Å². The second-order valence-corrected chi connectivity index (χ2v) is 3.96. The Morgan fingerprint density at radius 2 is 2.00 bits per heavy atom. The third kappa shape index (κ3) is 7.84. The largest absolute Gasteiger partial charge is 0.378 e. The van der Waals surface area contributed by atoms with Gasteiger partial charge in [-0.1, -0.05) is 11.1 Å². The summed E-state index contributed by atoms with van der Waals surface area (Å²) in [5, 5.41) is 0. The zero-order valence-corrected chi connectivity index (χ0v) is 9.65. The molecule has 0 aliphatic carbocycles.